The van der Waals surface area contributed by atoms with Crippen LogP contribution in [0.1, 0.15) is 16.1 Å². The van der Waals surface area contributed by atoms with Gasteiger partial charge < -0.3 is 19.1 Å². The van der Waals surface area contributed by atoms with Gasteiger partial charge in [0.1, 0.15) is 12.4 Å². The summed E-state index contributed by atoms with van der Waals surface area (Å²) in [6.45, 7) is 4.89. The van der Waals surface area contributed by atoms with Crippen molar-refractivity contribution in [3.8, 4) is 0 Å². The predicted molar refractivity (Wildman–Crippen MR) is 105 cm³/mol. The van der Waals surface area contributed by atoms with Gasteiger partial charge in [0.05, 0.1) is 13.2 Å². The standard InChI is InChI=1S/C21H26FN3O3/c1-4-10-25(21(27)17-7-5-8-18(22)14-17)16-20(26)24(12-13-28-3)15-19-9-6-11-23(19)2/h4-9,11,14H,1,10,12-13,15-16H2,2-3H3. The number of hydrogen-bond acceptors (Lipinski definition) is 3. The van der Waals surface area contributed by atoms with Gasteiger partial charge in [-0.05, 0) is 30.3 Å². The van der Waals surface area contributed by atoms with Crippen molar-refractivity contribution >= 4 is 11.8 Å². The lowest BCUT2D eigenvalue weighted by Crippen LogP contribution is -2.44. The fraction of sp³-hybridized carbons (Fsp3) is 0.333. The highest BCUT2D eigenvalue weighted by atomic mass is 19.1. The third-order valence-corrected chi connectivity index (χ3v) is 4.36. The van der Waals surface area contributed by atoms with Crippen LogP contribution in [0.25, 0.3) is 0 Å². The monoisotopic (exact) mass is 387 g/mol. The molecule has 150 valence electrons. The molecule has 0 saturated heterocycles. The van der Waals surface area contributed by atoms with Crippen LogP contribution in [-0.4, -0.2) is 59.5 Å². The summed E-state index contributed by atoms with van der Waals surface area (Å²) >= 11 is 0. The second-order valence-electron chi connectivity index (χ2n) is 6.40. The summed E-state index contributed by atoms with van der Waals surface area (Å²) in [7, 11) is 3.48. The zero-order chi connectivity index (χ0) is 20.5. The molecule has 0 fully saturated rings. The Kier molecular flexibility index (Phi) is 7.95. The molecule has 0 aliphatic heterocycles. The smallest absolute Gasteiger partial charge is 0.254 e. The Bertz CT molecular complexity index is 819. The van der Waals surface area contributed by atoms with Crippen LogP contribution in [0.2, 0.25) is 0 Å². The molecule has 7 heteroatoms. The quantitative estimate of drug-likeness (QED) is 0.589. The fourth-order valence-electron chi connectivity index (χ4n) is 2.79. The van der Waals surface area contributed by atoms with Gasteiger partial charge in [0.15, 0.2) is 0 Å². The van der Waals surface area contributed by atoms with Gasteiger partial charge >= 0.3 is 0 Å². The lowest BCUT2D eigenvalue weighted by molar-refractivity contribution is -0.133. The highest BCUT2D eigenvalue weighted by molar-refractivity contribution is 5.96. The molecule has 6 nitrogen and oxygen atoms in total. The van der Waals surface area contributed by atoms with E-state index in [1.165, 1.54) is 23.1 Å². The average Bonchev–Trinajstić information content (AvgIpc) is 3.08. The van der Waals surface area contributed by atoms with Crippen LogP contribution in [0, 0.1) is 5.82 Å². The van der Waals surface area contributed by atoms with Gasteiger partial charge in [-0.15, -0.1) is 6.58 Å². The molecule has 1 heterocycles. The molecular weight excluding hydrogens is 361 g/mol. The van der Waals surface area contributed by atoms with Gasteiger partial charge in [0, 0.05) is 44.7 Å². The van der Waals surface area contributed by atoms with Crippen molar-refractivity contribution in [2.24, 2.45) is 7.05 Å². The number of nitrogens with zero attached hydrogens (tertiary/aromatic N) is 3. The van der Waals surface area contributed by atoms with Crippen LogP contribution in [0.3, 0.4) is 0 Å². The first kappa shape index (κ1) is 21.4. The third kappa shape index (κ3) is 5.79. The summed E-state index contributed by atoms with van der Waals surface area (Å²) in [5.74, 6) is -1.13. The van der Waals surface area contributed by atoms with E-state index in [0.717, 1.165) is 11.8 Å². The van der Waals surface area contributed by atoms with E-state index in [4.69, 9.17) is 4.74 Å². The third-order valence-electron chi connectivity index (χ3n) is 4.36. The fourth-order valence-corrected chi connectivity index (χ4v) is 2.79. The highest BCUT2D eigenvalue weighted by Crippen LogP contribution is 2.10. The summed E-state index contributed by atoms with van der Waals surface area (Å²) < 4.78 is 20.5. The summed E-state index contributed by atoms with van der Waals surface area (Å²) in [5.41, 5.74) is 1.16. The van der Waals surface area contributed by atoms with Gasteiger partial charge in [0.2, 0.25) is 5.91 Å². The molecule has 0 bridgehead atoms. The van der Waals surface area contributed by atoms with E-state index in [1.54, 1.807) is 18.1 Å². The van der Waals surface area contributed by atoms with Gasteiger partial charge in [-0.1, -0.05) is 12.1 Å². The first-order chi connectivity index (χ1) is 13.5. The van der Waals surface area contributed by atoms with Crippen LogP contribution in [0.15, 0.2) is 55.3 Å². The molecule has 0 aliphatic carbocycles. The van der Waals surface area contributed by atoms with E-state index in [0.29, 0.717) is 19.7 Å². The largest absolute Gasteiger partial charge is 0.383 e. The second kappa shape index (κ2) is 10.4. The number of benzene rings is 1. The summed E-state index contributed by atoms with van der Waals surface area (Å²) in [5, 5.41) is 0. The van der Waals surface area contributed by atoms with Crippen molar-refractivity contribution in [2.45, 2.75) is 6.54 Å². The van der Waals surface area contributed by atoms with Crippen molar-refractivity contribution in [3.05, 3.63) is 72.3 Å². The number of carbonyl (C=O) groups is 2. The molecular formula is C21H26FN3O3. The normalized spacial score (nSPS) is 10.5. The average molecular weight is 387 g/mol. The molecule has 2 amide bonds. The lowest BCUT2D eigenvalue weighted by atomic mass is 10.2. The van der Waals surface area contributed by atoms with E-state index in [2.05, 4.69) is 6.58 Å². The molecule has 2 aromatic rings. The van der Waals surface area contributed by atoms with E-state index in [-0.39, 0.29) is 24.6 Å². The number of amides is 2. The van der Waals surface area contributed by atoms with Crippen LogP contribution in [-0.2, 0) is 23.1 Å². The Morgan fingerprint density at radius 3 is 2.64 bits per heavy atom. The molecule has 0 atom stereocenters. The van der Waals surface area contributed by atoms with E-state index >= 15 is 0 Å². The maximum atomic E-state index is 13.5. The van der Waals surface area contributed by atoms with E-state index in [1.807, 2.05) is 29.9 Å². The van der Waals surface area contributed by atoms with Gasteiger partial charge in [0.25, 0.3) is 5.91 Å². The van der Waals surface area contributed by atoms with Gasteiger partial charge in [-0.25, -0.2) is 4.39 Å². The minimum atomic E-state index is -0.499. The van der Waals surface area contributed by atoms with Gasteiger partial charge in [-0.3, -0.25) is 9.59 Å². The van der Waals surface area contributed by atoms with Crippen molar-refractivity contribution in [3.63, 3.8) is 0 Å². The van der Waals surface area contributed by atoms with Crippen LogP contribution >= 0.6 is 0 Å². The molecule has 1 aromatic heterocycles. The first-order valence-electron chi connectivity index (χ1n) is 8.99. The Morgan fingerprint density at radius 2 is 2.04 bits per heavy atom. The Balaban J connectivity index is 2.15. The number of halogens is 1. The summed E-state index contributed by atoms with van der Waals surface area (Å²) in [4.78, 5) is 28.7. The number of ether oxygens (including phenoxy) is 1. The number of carbonyl (C=O) groups excluding carboxylic acids is 2. The Hall–Kier alpha value is -2.93. The number of methoxy groups -OCH3 is 1. The zero-order valence-electron chi connectivity index (χ0n) is 16.3. The van der Waals surface area contributed by atoms with E-state index < -0.39 is 11.7 Å². The number of aryl methyl sites for hydroxylation is 1. The first-order valence-corrected chi connectivity index (χ1v) is 8.99. The second-order valence-corrected chi connectivity index (χ2v) is 6.40. The zero-order valence-corrected chi connectivity index (χ0v) is 16.3. The Morgan fingerprint density at radius 1 is 1.25 bits per heavy atom. The number of hydrogen-bond donors (Lipinski definition) is 0. The van der Waals surface area contributed by atoms with Crippen molar-refractivity contribution in [1.29, 1.82) is 0 Å². The van der Waals surface area contributed by atoms with Crippen molar-refractivity contribution < 1.29 is 18.7 Å². The molecule has 0 radical (unpaired) electrons. The molecule has 0 N–H and O–H groups in total. The van der Waals surface area contributed by atoms with Crippen molar-refractivity contribution in [1.82, 2.24) is 14.4 Å². The molecule has 0 unspecified atom stereocenters. The van der Waals surface area contributed by atoms with Gasteiger partial charge in [-0.2, -0.15) is 0 Å². The molecule has 28 heavy (non-hydrogen) atoms. The minimum absolute atomic E-state index is 0.129. The predicted octanol–water partition coefficient (Wildman–Crippen LogP) is 2.47. The number of aromatic nitrogens is 1. The van der Waals surface area contributed by atoms with Crippen molar-refractivity contribution in [2.75, 3.05) is 33.4 Å². The SMILES string of the molecule is C=CCN(CC(=O)N(CCOC)Cc1cccn1C)C(=O)c1cccc(F)c1. The lowest BCUT2D eigenvalue weighted by Gasteiger charge is -2.27. The molecule has 2 rings (SSSR count). The Labute approximate surface area is 164 Å². The molecule has 0 saturated carbocycles. The topological polar surface area (TPSA) is 54.8 Å². The van der Waals surface area contributed by atoms with Crippen LogP contribution in [0.4, 0.5) is 4.39 Å². The maximum absolute atomic E-state index is 13.5. The molecule has 1 aromatic carbocycles. The molecule has 0 spiro atoms. The maximum Gasteiger partial charge on any atom is 0.254 e. The van der Waals surface area contributed by atoms with Crippen LogP contribution < -0.4 is 0 Å². The highest BCUT2D eigenvalue weighted by Gasteiger charge is 2.22. The van der Waals surface area contributed by atoms with Crippen LogP contribution in [0.5, 0.6) is 0 Å². The van der Waals surface area contributed by atoms with E-state index in [9.17, 15) is 14.0 Å². The molecule has 0 aliphatic rings. The minimum Gasteiger partial charge on any atom is -0.383 e. The number of rotatable bonds is 10. The summed E-state index contributed by atoms with van der Waals surface area (Å²) in [6, 6.07) is 9.27. The summed E-state index contributed by atoms with van der Waals surface area (Å²) in [6.07, 6.45) is 3.45.